The van der Waals surface area contributed by atoms with Crippen molar-refractivity contribution < 1.29 is 0 Å². The fraction of sp³-hybridized carbons (Fsp3) is 0.889. The summed E-state index contributed by atoms with van der Waals surface area (Å²) in [4.78, 5) is 6.84. The molecule has 1 fully saturated rings. The minimum atomic E-state index is 0.754. The molecule has 4 nitrogen and oxygen atoms in total. The van der Waals surface area contributed by atoms with Gasteiger partial charge in [0.2, 0.25) is 0 Å². The molecule has 0 spiro atoms. The first kappa shape index (κ1) is 8.81. The number of hydrogen-bond acceptors (Lipinski definition) is 4. The Labute approximate surface area is 79.2 Å². The van der Waals surface area contributed by atoms with Crippen LogP contribution < -0.4 is 11.1 Å². The Morgan fingerprint density at radius 1 is 1.54 bits per heavy atom. The summed E-state index contributed by atoms with van der Waals surface area (Å²) in [6, 6.07) is 0.784. The van der Waals surface area contributed by atoms with Crippen LogP contribution >= 0.6 is 0 Å². The number of nitrogens with zero attached hydrogens (tertiary/aromatic N) is 2. The summed E-state index contributed by atoms with van der Waals surface area (Å²) in [5, 5.41) is 3.35. The van der Waals surface area contributed by atoms with Gasteiger partial charge in [0.25, 0.3) is 0 Å². The maximum absolute atomic E-state index is 5.43. The number of aliphatic imine (C=N–C) groups is 1. The van der Waals surface area contributed by atoms with Gasteiger partial charge in [0.15, 0.2) is 5.96 Å². The highest BCUT2D eigenvalue weighted by Crippen LogP contribution is 2.27. The normalized spacial score (nSPS) is 21.9. The summed E-state index contributed by atoms with van der Waals surface area (Å²) in [5.74, 6) is 1.11. The molecule has 2 rings (SSSR count). The third-order valence-electron chi connectivity index (χ3n) is 2.53. The summed E-state index contributed by atoms with van der Waals surface area (Å²) in [5.41, 5.74) is 5.43. The summed E-state index contributed by atoms with van der Waals surface area (Å²) >= 11 is 0. The Hall–Kier alpha value is -0.770. The van der Waals surface area contributed by atoms with Gasteiger partial charge < -0.3 is 16.0 Å². The molecule has 0 unspecified atom stereocenters. The third-order valence-corrected chi connectivity index (χ3v) is 2.53. The van der Waals surface area contributed by atoms with Crippen LogP contribution in [0.1, 0.15) is 19.3 Å². The van der Waals surface area contributed by atoms with E-state index in [4.69, 9.17) is 5.73 Å². The molecule has 2 aliphatic rings. The number of hydrogen-bond donors (Lipinski definition) is 2. The Balaban J connectivity index is 1.76. The van der Waals surface area contributed by atoms with Gasteiger partial charge in [-0.3, -0.25) is 4.99 Å². The fourth-order valence-corrected chi connectivity index (χ4v) is 1.66. The Bertz CT molecular complexity index is 198. The Morgan fingerprint density at radius 3 is 3.08 bits per heavy atom. The van der Waals surface area contributed by atoms with Gasteiger partial charge in [0.05, 0.1) is 6.54 Å². The van der Waals surface area contributed by atoms with E-state index in [1.165, 1.54) is 12.8 Å². The minimum absolute atomic E-state index is 0.754. The van der Waals surface area contributed by atoms with Gasteiger partial charge in [0.1, 0.15) is 0 Å². The van der Waals surface area contributed by atoms with Crippen molar-refractivity contribution in [2.24, 2.45) is 10.7 Å². The first-order valence-corrected chi connectivity index (χ1v) is 5.17. The van der Waals surface area contributed by atoms with Gasteiger partial charge in [-0.1, -0.05) is 0 Å². The molecule has 0 amide bonds. The van der Waals surface area contributed by atoms with Crippen LogP contribution in [0.4, 0.5) is 0 Å². The Morgan fingerprint density at radius 2 is 2.38 bits per heavy atom. The van der Waals surface area contributed by atoms with Crippen molar-refractivity contribution in [2.75, 3.05) is 26.2 Å². The van der Waals surface area contributed by atoms with E-state index in [1.807, 2.05) is 0 Å². The van der Waals surface area contributed by atoms with E-state index >= 15 is 0 Å². The van der Waals surface area contributed by atoms with Gasteiger partial charge in [-0.15, -0.1) is 0 Å². The summed E-state index contributed by atoms with van der Waals surface area (Å²) in [6.07, 6.45) is 3.71. The van der Waals surface area contributed by atoms with Crippen molar-refractivity contribution in [3.8, 4) is 0 Å². The lowest BCUT2D eigenvalue weighted by Gasteiger charge is -2.20. The Kier molecular flexibility index (Phi) is 2.68. The fourth-order valence-electron chi connectivity index (χ4n) is 1.66. The molecule has 1 aliphatic heterocycles. The molecule has 0 atom stereocenters. The standard InChI is InChI=1S/C9H18N4/c10-4-1-5-11-9-12-6-7-13(9)8-2-3-8/h8H,1-7,10H2,(H,11,12). The van der Waals surface area contributed by atoms with Gasteiger partial charge in [0, 0.05) is 19.1 Å². The zero-order valence-electron chi connectivity index (χ0n) is 8.00. The average molecular weight is 182 g/mol. The van der Waals surface area contributed by atoms with Crippen molar-refractivity contribution in [3.05, 3.63) is 0 Å². The van der Waals surface area contributed by atoms with Crippen LogP contribution in [0.2, 0.25) is 0 Å². The second-order valence-corrected chi connectivity index (χ2v) is 3.70. The first-order chi connectivity index (χ1) is 6.42. The van der Waals surface area contributed by atoms with Crippen molar-refractivity contribution in [1.29, 1.82) is 0 Å². The molecular formula is C9H18N4. The topological polar surface area (TPSA) is 53.6 Å². The molecule has 3 N–H and O–H groups in total. The molecule has 4 heteroatoms. The van der Waals surface area contributed by atoms with Crippen LogP contribution in [0.3, 0.4) is 0 Å². The van der Waals surface area contributed by atoms with Crippen LogP contribution in [-0.2, 0) is 0 Å². The SMILES string of the molecule is NCCCNC1=NCCN1C1CC1. The molecule has 0 aromatic rings. The van der Waals surface area contributed by atoms with Crippen LogP contribution in [0.25, 0.3) is 0 Å². The van der Waals surface area contributed by atoms with E-state index in [0.29, 0.717) is 0 Å². The van der Waals surface area contributed by atoms with E-state index in [1.54, 1.807) is 0 Å². The van der Waals surface area contributed by atoms with E-state index in [0.717, 1.165) is 44.6 Å². The second kappa shape index (κ2) is 3.96. The van der Waals surface area contributed by atoms with Crippen molar-refractivity contribution in [3.63, 3.8) is 0 Å². The highest BCUT2D eigenvalue weighted by molar-refractivity contribution is 5.82. The number of rotatable bonds is 4. The second-order valence-electron chi connectivity index (χ2n) is 3.70. The van der Waals surface area contributed by atoms with E-state index in [-0.39, 0.29) is 0 Å². The van der Waals surface area contributed by atoms with E-state index in [9.17, 15) is 0 Å². The zero-order chi connectivity index (χ0) is 9.10. The lowest BCUT2D eigenvalue weighted by atomic mass is 10.4. The quantitative estimate of drug-likeness (QED) is 0.590. The van der Waals surface area contributed by atoms with Gasteiger partial charge >= 0.3 is 0 Å². The summed E-state index contributed by atoms with van der Waals surface area (Å²) < 4.78 is 0. The third kappa shape index (κ3) is 2.12. The average Bonchev–Trinajstić information content (AvgIpc) is 2.88. The van der Waals surface area contributed by atoms with Crippen LogP contribution in [0.15, 0.2) is 4.99 Å². The number of guanidine groups is 1. The monoisotopic (exact) mass is 182 g/mol. The highest BCUT2D eigenvalue weighted by Gasteiger charge is 2.32. The van der Waals surface area contributed by atoms with Gasteiger partial charge in [-0.25, -0.2) is 0 Å². The number of nitrogens with one attached hydrogen (secondary N) is 1. The molecule has 0 bridgehead atoms. The molecule has 1 saturated carbocycles. The molecule has 0 radical (unpaired) electrons. The molecule has 1 aliphatic carbocycles. The maximum atomic E-state index is 5.43. The minimum Gasteiger partial charge on any atom is -0.356 e. The summed E-state index contributed by atoms with van der Waals surface area (Å²) in [6.45, 7) is 3.78. The van der Waals surface area contributed by atoms with E-state index < -0.39 is 0 Å². The molecule has 0 saturated heterocycles. The zero-order valence-corrected chi connectivity index (χ0v) is 8.00. The maximum Gasteiger partial charge on any atom is 0.194 e. The van der Waals surface area contributed by atoms with Gasteiger partial charge in [-0.2, -0.15) is 0 Å². The lowest BCUT2D eigenvalue weighted by molar-refractivity contribution is 0.433. The molecule has 0 aromatic heterocycles. The predicted molar refractivity (Wildman–Crippen MR) is 53.7 cm³/mol. The molecule has 74 valence electrons. The lowest BCUT2D eigenvalue weighted by Crippen LogP contribution is -2.40. The predicted octanol–water partition coefficient (Wildman–Crippen LogP) is -0.241. The van der Waals surface area contributed by atoms with Crippen LogP contribution in [-0.4, -0.2) is 43.1 Å². The highest BCUT2D eigenvalue weighted by atomic mass is 15.4. The van der Waals surface area contributed by atoms with E-state index in [2.05, 4.69) is 15.2 Å². The van der Waals surface area contributed by atoms with Crippen molar-refractivity contribution in [1.82, 2.24) is 10.2 Å². The van der Waals surface area contributed by atoms with Crippen LogP contribution in [0.5, 0.6) is 0 Å². The number of nitrogens with two attached hydrogens (primary N) is 1. The summed E-state index contributed by atoms with van der Waals surface area (Å²) in [7, 11) is 0. The van der Waals surface area contributed by atoms with Gasteiger partial charge in [-0.05, 0) is 25.8 Å². The molecule has 13 heavy (non-hydrogen) atoms. The van der Waals surface area contributed by atoms with Crippen molar-refractivity contribution >= 4 is 5.96 Å². The first-order valence-electron chi connectivity index (χ1n) is 5.17. The van der Waals surface area contributed by atoms with Crippen LogP contribution in [0, 0.1) is 0 Å². The molecule has 0 aromatic carbocycles. The molecule has 1 heterocycles. The smallest absolute Gasteiger partial charge is 0.194 e. The van der Waals surface area contributed by atoms with Crippen molar-refractivity contribution in [2.45, 2.75) is 25.3 Å². The largest absolute Gasteiger partial charge is 0.356 e. The molecular weight excluding hydrogens is 164 g/mol.